The molecule has 1 saturated carbocycles. The Bertz CT molecular complexity index is 1620. The van der Waals surface area contributed by atoms with E-state index < -0.39 is 5.41 Å². The van der Waals surface area contributed by atoms with E-state index in [1.165, 1.54) is 4.68 Å². The minimum absolute atomic E-state index is 0.0453. The number of allylic oxidation sites excluding steroid dienone is 1. The summed E-state index contributed by atoms with van der Waals surface area (Å²) in [6, 6.07) is 7.73. The molecule has 11 heteroatoms. The Morgan fingerprint density at radius 3 is 2.54 bits per heavy atom. The topological polar surface area (TPSA) is 130 Å². The van der Waals surface area contributed by atoms with Gasteiger partial charge in [-0.2, -0.15) is 10.4 Å². The molecule has 6 atom stereocenters. The quantitative estimate of drug-likeness (QED) is 0.394. The van der Waals surface area contributed by atoms with Crippen molar-refractivity contribution in [2.45, 2.75) is 95.7 Å². The van der Waals surface area contributed by atoms with Crippen LogP contribution in [0.2, 0.25) is 0 Å². The highest BCUT2D eigenvalue weighted by Crippen LogP contribution is 2.55. The third-order valence-electron chi connectivity index (χ3n) is 11.2. The first kappa shape index (κ1) is 35.4. The number of carbonyl (C=O) groups excluding carboxylic acids is 2. The molecule has 2 aromatic rings. The van der Waals surface area contributed by atoms with Crippen LogP contribution in [0.15, 0.2) is 35.3 Å². The first-order valence-corrected chi connectivity index (χ1v) is 17.6. The van der Waals surface area contributed by atoms with Gasteiger partial charge in [0.05, 0.1) is 24.1 Å². The molecule has 1 aromatic carbocycles. The number of aromatic amines is 1. The zero-order valence-corrected chi connectivity index (χ0v) is 29.9. The third kappa shape index (κ3) is 6.69. The van der Waals surface area contributed by atoms with E-state index in [1.54, 1.807) is 23.9 Å². The van der Waals surface area contributed by atoms with Crippen LogP contribution >= 0.6 is 0 Å². The van der Waals surface area contributed by atoms with Gasteiger partial charge in [0.1, 0.15) is 11.9 Å². The van der Waals surface area contributed by atoms with Gasteiger partial charge in [0, 0.05) is 52.0 Å². The van der Waals surface area contributed by atoms with E-state index >= 15 is 0 Å². The fraction of sp³-hybridized carbons (Fsp3) is 0.649. The molecule has 2 heterocycles. The van der Waals surface area contributed by atoms with Crippen molar-refractivity contribution in [3.63, 3.8) is 0 Å². The number of amides is 2. The summed E-state index contributed by atoms with van der Waals surface area (Å²) in [6.45, 7) is 11.2. The largest absolute Gasteiger partial charge is 0.381 e. The Morgan fingerprint density at radius 2 is 1.90 bits per heavy atom. The van der Waals surface area contributed by atoms with Crippen LogP contribution in [0.4, 0.5) is 0 Å². The average Bonchev–Trinajstić information content (AvgIpc) is 3.68. The average molecular weight is 659 g/mol. The van der Waals surface area contributed by atoms with Crippen LogP contribution in [0.1, 0.15) is 99.1 Å². The number of aromatic nitrogens is 3. The molecule has 11 nitrogen and oxygen atoms in total. The summed E-state index contributed by atoms with van der Waals surface area (Å²) in [5.41, 5.74) is 3.08. The number of H-pyrrole nitrogens is 1. The molecule has 0 bridgehead atoms. The van der Waals surface area contributed by atoms with E-state index in [-0.39, 0.29) is 48.1 Å². The molecule has 48 heavy (non-hydrogen) atoms. The SMILES string of the molecule is C=C(C1CCC2[C@@H](CCc3cc(C(=O)N(C)C)ccc3C2(C[C@@H](C)NCC(=O)N2CCCC2C#N)c2nn(C(C)C)c(=O)[nH]2)C1)N(C)C. The zero-order chi connectivity index (χ0) is 34.9. The number of rotatable bonds is 10. The summed E-state index contributed by atoms with van der Waals surface area (Å²) in [4.78, 5) is 48.5. The molecular formula is C37H54N8O3. The van der Waals surface area contributed by atoms with Gasteiger partial charge >= 0.3 is 5.69 Å². The highest BCUT2D eigenvalue weighted by molar-refractivity contribution is 5.94. The highest BCUT2D eigenvalue weighted by atomic mass is 16.2. The molecule has 4 unspecified atom stereocenters. The number of hydrogen-bond acceptors (Lipinski definition) is 7. The van der Waals surface area contributed by atoms with Gasteiger partial charge < -0.3 is 20.0 Å². The molecular weight excluding hydrogens is 604 g/mol. The Labute approximate surface area is 285 Å². The van der Waals surface area contributed by atoms with Crippen LogP contribution in [0.25, 0.3) is 0 Å². The van der Waals surface area contributed by atoms with Crippen LogP contribution in [0.5, 0.6) is 0 Å². The van der Waals surface area contributed by atoms with E-state index in [1.807, 2.05) is 19.9 Å². The fourth-order valence-electron chi connectivity index (χ4n) is 8.73. The Balaban J connectivity index is 1.62. The van der Waals surface area contributed by atoms with Crippen LogP contribution in [-0.2, 0) is 16.6 Å². The first-order valence-electron chi connectivity index (χ1n) is 17.6. The van der Waals surface area contributed by atoms with Gasteiger partial charge in [-0.1, -0.05) is 12.6 Å². The van der Waals surface area contributed by atoms with Crippen molar-refractivity contribution in [3.05, 3.63) is 63.5 Å². The monoisotopic (exact) mass is 658 g/mol. The molecule has 2 N–H and O–H groups in total. The van der Waals surface area contributed by atoms with Gasteiger partial charge in [0.2, 0.25) is 5.91 Å². The molecule has 1 aromatic heterocycles. The normalized spacial score (nSPS) is 25.9. The van der Waals surface area contributed by atoms with E-state index in [0.29, 0.717) is 42.6 Å². The number of likely N-dealkylation sites (tertiary alicyclic amines) is 1. The van der Waals surface area contributed by atoms with Crippen LogP contribution in [0.3, 0.4) is 0 Å². The lowest BCUT2D eigenvalue weighted by atomic mass is 9.57. The minimum Gasteiger partial charge on any atom is -0.381 e. The summed E-state index contributed by atoms with van der Waals surface area (Å²) in [6.07, 6.45) is 6.82. The third-order valence-corrected chi connectivity index (χ3v) is 11.2. The van der Waals surface area contributed by atoms with Gasteiger partial charge in [-0.3, -0.25) is 14.6 Å². The van der Waals surface area contributed by atoms with Crippen LogP contribution in [-0.4, -0.2) is 94.6 Å². The molecule has 260 valence electrons. The lowest BCUT2D eigenvalue weighted by Gasteiger charge is -2.48. The number of nitrogens with one attached hydrogen (secondary N) is 2. The van der Waals surface area contributed by atoms with Gasteiger partial charge in [-0.15, -0.1) is 0 Å². The van der Waals surface area contributed by atoms with Crippen molar-refractivity contribution in [1.82, 2.24) is 34.8 Å². The Morgan fingerprint density at radius 1 is 1.15 bits per heavy atom. The summed E-state index contributed by atoms with van der Waals surface area (Å²) in [5.74, 6) is 1.39. The maximum atomic E-state index is 13.5. The van der Waals surface area contributed by atoms with Crippen LogP contribution in [0, 0.1) is 29.1 Å². The second-order valence-electron chi connectivity index (χ2n) is 15.0. The van der Waals surface area contributed by atoms with E-state index in [0.717, 1.165) is 55.3 Å². The second kappa shape index (κ2) is 14.3. The Hall–Kier alpha value is -3.91. The number of hydrogen-bond donors (Lipinski definition) is 2. The van der Waals surface area contributed by atoms with Gasteiger partial charge in [0.15, 0.2) is 0 Å². The smallest absolute Gasteiger partial charge is 0.343 e. The number of nitrogens with zero attached hydrogens (tertiary/aromatic N) is 6. The number of aryl methyl sites for hydroxylation is 1. The maximum absolute atomic E-state index is 13.5. The summed E-state index contributed by atoms with van der Waals surface area (Å²) < 4.78 is 1.54. The van der Waals surface area contributed by atoms with E-state index in [2.05, 4.69) is 61.0 Å². The lowest BCUT2D eigenvalue weighted by molar-refractivity contribution is -0.130. The molecule has 2 amide bonds. The molecule has 1 aliphatic heterocycles. The maximum Gasteiger partial charge on any atom is 0.343 e. The van der Waals surface area contributed by atoms with Gasteiger partial charge in [-0.25, -0.2) is 9.48 Å². The zero-order valence-electron chi connectivity index (χ0n) is 29.9. The predicted octanol–water partition coefficient (Wildman–Crippen LogP) is 4.08. The fourth-order valence-corrected chi connectivity index (χ4v) is 8.73. The second-order valence-corrected chi connectivity index (χ2v) is 15.0. The molecule has 3 aliphatic rings. The predicted molar refractivity (Wildman–Crippen MR) is 186 cm³/mol. The van der Waals surface area contributed by atoms with Crippen molar-refractivity contribution in [3.8, 4) is 6.07 Å². The van der Waals surface area contributed by atoms with Crippen molar-refractivity contribution < 1.29 is 9.59 Å². The summed E-state index contributed by atoms with van der Waals surface area (Å²) in [5, 5.41) is 18.1. The molecule has 0 spiro atoms. The van der Waals surface area contributed by atoms with E-state index in [4.69, 9.17) is 5.10 Å². The van der Waals surface area contributed by atoms with Gasteiger partial charge in [-0.05, 0) is 113 Å². The van der Waals surface area contributed by atoms with E-state index in [9.17, 15) is 19.6 Å². The molecule has 1 saturated heterocycles. The van der Waals surface area contributed by atoms with Crippen molar-refractivity contribution in [1.29, 1.82) is 5.26 Å². The van der Waals surface area contributed by atoms with Crippen LogP contribution < -0.4 is 11.0 Å². The summed E-state index contributed by atoms with van der Waals surface area (Å²) in [7, 11) is 7.65. The standard InChI is InChI=1S/C37H54N8O3/c1-23(2)45-36(48)40-35(41-45)37(20-24(3)39-22-33(46)44-17-9-10-30(44)21-38)31-15-13-26(25(4)42(5)6)18-27(31)11-12-28-19-29(14-16-32(28)37)34(47)43(7)8/h14,16,19,23-24,26-27,30-31,39H,4,9-13,15,17-18,20,22H2,1-3,5-8H3,(H,40,41,48)/t24-,26?,27+,30?,31?,37?/m1/s1. The molecule has 5 rings (SSSR count). The number of carbonyl (C=O) groups is 2. The lowest BCUT2D eigenvalue weighted by Crippen LogP contribution is -2.49. The number of fused-ring (bicyclic) bond motifs is 2. The Kier molecular flexibility index (Phi) is 10.5. The number of nitriles is 1. The van der Waals surface area contributed by atoms with Crippen molar-refractivity contribution >= 4 is 11.8 Å². The molecule has 2 fully saturated rings. The highest BCUT2D eigenvalue weighted by Gasteiger charge is 2.53. The first-order chi connectivity index (χ1) is 22.8. The summed E-state index contributed by atoms with van der Waals surface area (Å²) >= 11 is 0. The molecule has 2 aliphatic carbocycles. The van der Waals surface area contributed by atoms with Gasteiger partial charge in [0.25, 0.3) is 5.91 Å². The van der Waals surface area contributed by atoms with Crippen molar-refractivity contribution in [2.24, 2.45) is 17.8 Å². The minimum atomic E-state index is -0.682. The molecule has 0 radical (unpaired) electrons. The van der Waals surface area contributed by atoms with Crippen molar-refractivity contribution in [2.75, 3.05) is 41.3 Å². The number of benzene rings is 1.